The summed E-state index contributed by atoms with van der Waals surface area (Å²) in [5.74, 6) is -0.721. The molecule has 0 aliphatic heterocycles. The molecular weight excluding hydrogens is 440 g/mol. The Morgan fingerprint density at radius 3 is 2.77 bits per heavy atom. The molecule has 0 radical (unpaired) electrons. The van der Waals surface area contributed by atoms with E-state index >= 15 is 0 Å². The van der Waals surface area contributed by atoms with Gasteiger partial charge in [-0.1, -0.05) is 6.58 Å². The molecule has 0 amide bonds. The quantitative estimate of drug-likeness (QED) is 0.434. The van der Waals surface area contributed by atoms with Gasteiger partial charge in [0.05, 0.1) is 23.1 Å². The molecule has 2 aromatic rings. The highest BCUT2D eigenvalue weighted by atomic mass is 32.2. The summed E-state index contributed by atoms with van der Waals surface area (Å²) in [5, 5.41) is 13.1. The molecule has 2 aromatic heterocycles. The minimum Gasteiger partial charge on any atom is -0.477 e. The number of carboxylic acids is 1. The van der Waals surface area contributed by atoms with E-state index in [1.54, 1.807) is 38.4 Å². The first kappa shape index (κ1) is 24.5. The maximum Gasteiger partial charge on any atom is 0.346 e. The molecule has 0 fully saturated rings. The Kier molecular flexibility index (Phi) is 8.31. The number of hydrogen-bond donors (Lipinski definition) is 3. The third-order valence-corrected chi connectivity index (χ3v) is 6.26. The number of carboxylic acid groups (broad SMARTS) is 1. The molecule has 168 valence electrons. The van der Waals surface area contributed by atoms with Crippen LogP contribution in [-0.2, 0) is 10.0 Å². The lowest BCUT2D eigenvalue weighted by molar-refractivity contribution is 0.0701. The monoisotopic (exact) mass is 466 g/mol. The fraction of sp³-hybridized carbons (Fsp3) is 0.350. The molecule has 0 bridgehead atoms. The summed E-state index contributed by atoms with van der Waals surface area (Å²) in [5.41, 5.74) is 2.17. The first-order chi connectivity index (χ1) is 14.6. The Balaban J connectivity index is 2.35. The standard InChI is InChI=1S/C20H26N4O5S2/c1-6-14(16-13(3)17(20(25)26)30-19(16)21-4)24-15-8-7-10-22-18(15)29-12(2)9-11-23-31(5,27)28/h6-8,10,12,21,23H,1,9,11H2,2-5H3,(H,25,26). The predicted octanol–water partition coefficient (Wildman–Crippen LogP) is 3.20. The van der Waals surface area contributed by atoms with E-state index in [1.165, 1.54) is 0 Å². The van der Waals surface area contributed by atoms with Crippen LogP contribution >= 0.6 is 11.3 Å². The maximum atomic E-state index is 11.5. The van der Waals surface area contributed by atoms with Gasteiger partial charge in [0, 0.05) is 25.4 Å². The molecule has 0 aromatic carbocycles. The van der Waals surface area contributed by atoms with Crippen molar-refractivity contribution < 1.29 is 23.1 Å². The van der Waals surface area contributed by atoms with Gasteiger partial charge in [-0.05, 0) is 44.0 Å². The highest BCUT2D eigenvalue weighted by Gasteiger charge is 2.22. The number of ether oxygens (including phenoxy) is 1. The second kappa shape index (κ2) is 10.5. The number of aromatic nitrogens is 1. The molecule has 11 heteroatoms. The number of aromatic carboxylic acids is 1. The zero-order valence-electron chi connectivity index (χ0n) is 17.8. The molecular formula is C20H26N4O5S2. The van der Waals surface area contributed by atoms with E-state index < -0.39 is 16.0 Å². The van der Waals surface area contributed by atoms with Crippen LogP contribution in [0.5, 0.6) is 5.88 Å². The van der Waals surface area contributed by atoms with Gasteiger partial charge in [0.1, 0.15) is 10.6 Å². The number of anilines is 1. The lowest BCUT2D eigenvalue weighted by Gasteiger charge is -2.15. The summed E-state index contributed by atoms with van der Waals surface area (Å²) in [6.07, 6.45) is 4.34. The van der Waals surface area contributed by atoms with Gasteiger partial charge in [0.25, 0.3) is 0 Å². The fourth-order valence-electron chi connectivity index (χ4n) is 2.79. The Hall–Kier alpha value is -2.76. The predicted molar refractivity (Wildman–Crippen MR) is 124 cm³/mol. The van der Waals surface area contributed by atoms with Crippen LogP contribution in [-0.4, -0.2) is 56.1 Å². The van der Waals surface area contributed by atoms with Gasteiger partial charge in [-0.3, -0.25) is 0 Å². The highest BCUT2D eigenvalue weighted by Crippen LogP contribution is 2.35. The molecule has 2 rings (SSSR count). The van der Waals surface area contributed by atoms with Crippen molar-refractivity contribution in [3.8, 4) is 5.88 Å². The van der Waals surface area contributed by atoms with Crippen molar-refractivity contribution in [3.05, 3.63) is 47.0 Å². The SMILES string of the molecule is C=CC(=Nc1cccnc1OC(C)CCNS(C)(=O)=O)c1c(NC)sc(C(=O)O)c1C. The number of carbonyl (C=O) groups is 1. The fourth-order valence-corrected chi connectivity index (χ4v) is 4.29. The number of rotatable bonds is 11. The summed E-state index contributed by atoms with van der Waals surface area (Å²) in [6, 6.07) is 3.44. The summed E-state index contributed by atoms with van der Waals surface area (Å²) in [6.45, 7) is 7.60. The largest absolute Gasteiger partial charge is 0.477 e. The molecule has 0 saturated heterocycles. The van der Waals surface area contributed by atoms with E-state index in [1.807, 2.05) is 6.92 Å². The first-order valence-corrected chi connectivity index (χ1v) is 12.1. The van der Waals surface area contributed by atoms with Gasteiger partial charge < -0.3 is 15.2 Å². The van der Waals surface area contributed by atoms with Gasteiger partial charge in [-0.25, -0.2) is 27.9 Å². The Labute approximate surface area is 185 Å². The third-order valence-electron chi connectivity index (χ3n) is 4.24. The summed E-state index contributed by atoms with van der Waals surface area (Å²) < 4.78 is 30.7. The van der Waals surface area contributed by atoms with Crippen molar-refractivity contribution in [1.82, 2.24) is 9.71 Å². The number of nitrogens with one attached hydrogen (secondary N) is 2. The van der Waals surface area contributed by atoms with Crippen LogP contribution in [0.25, 0.3) is 0 Å². The lowest BCUT2D eigenvalue weighted by atomic mass is 10.1. The first-order valence-electron chi connectivity index (χ1n) is 9.39. The molecule has 0 saturated carbocycles. The van der Waals surface area contributed by atoms with Gasteiger partial charge in [-0.2, -0.15) is 0 Å². The van der Waals surface area contributed by atoms with Gasteiger partial charge >= 0.3 is 5.97 Å². The molecule has 0 aliphatic carbocycles. The number of aliphatic imine (C=N–C) groups is 1. The molecule has 9 nitrogen and oxygen atoms in total. The van der Waals surface area contributed by atoms with Crippen molar-refractivity contribution in [2.24, 2.45) is 4.99 Å². The van der Waals surface area contributed by atoms with Crippen LogP contribution in [0.3, 0.4) is 0 Å². The van der Waals surface area contributed by atoms with E-state index in [0.717, 1.165) is 17.6 Å². The average Bonchev–Trinajstić information content (AvgIpc) is 3.03. The van der Waals surface area contributed by atoms with E-state index in [0.29, 0.717) is 33.9 Å². The second-order valence-corrected chi connectivity index (χ2v) is 9.58. The molecule has 3 N–H and O–H groups in total. The number of pyridine rings is 1. The van der Waals surface area contributed by atoms with Gasteiger partial charge in [0.15, 0.2) is 0 Å². The summed E-state index contributed by atoms with van der Waals surface area (Å²) >= 11 is 1.13. The van der Waals surface area contributed by atoms with Crippen LogP contribution < -0.4 is 14.8 Å². The van der Waals surface area contributed by atoms with Crippen LogP contribution in [0.1, 0.15) is 34.1 Å². The van der Waals surface area contributed by atoms with Crippen molar-refractivity contribution in [2.45, 2.75) is 26.4 Å². The van der Waals surface area contributed by atoms with E-state index in [2.05, 4.69) is 26.6 Å². The average molecular weight is 467 g/mol. The molecule has 0 aliphatic rings. The van der Waals surface area contributed by atoms with Crippen LogP contribution in [0.4, 0.5) is 10.7 Å². The lowest BCUT2D eigenvalue weighted by Crippen LogP contribution is -2.27. The van der Waals surface area contributed by atoms with Gasteiger partial charge in [-0.15, -0.1) is 11.3 Å². The Bertz CT molecular complexity index is 1090. The summed E-state index contributed by atoms with van der Waals surface area (Å²) in [4.78, 5) is 20.6. The zero-order valence-corrected chi connectivity index (χ0v) is 19.4. The number of nitrogens with zero attached hydrogens (tertiary/aromatic N) is 2. The van der Waals surface area contributed by atoms with Crippen LogP contribution in [0, 0.1) is 6.92 Å². The van der Waals surface area contributed by atoms with E-state index in [4.69, 9.17) is 4.74 Å². The van der Waals surface area contributed by atoms with Gasteiger partial charge in [0.2, 0.25) is 15.9 Å². The van der Waals surface area contributed by atoms with Crippen LogP contribution in [0.15, 0.2) is 36.0 Å². The number of thiophene rings is 1. The third kappa shape index (κ3) is 6.61. The topological polar surface area (TPSA) is 130 Å². The normalized spacial score (nSPS) is 13.0. The molecule has 31 heavy (non-hydrogen) atoms. The molecule has 2 heterocycles. The Morgan fingerprint density at radius 2 is 2.19 bits per heavy atom. The molecule has 1 atom stereocenters. The van der Waals surface area contributed by atoms with E-state index in [9.17, 15) is 18.3 Å². The minimum absolute atomic E-state index is 0.226. The maximum absolute atomic E-state index is 11.5. The van der Waals surface area contributed by atoms with Crippen molar-refractivity contribution >= 4 is 43.7 Å². The molecule has 0 spiro atoms. The number of sulfonamides is 1. The zero-order chi connectivity index (χ0) is 23.2. The molecule has 1 unspecified atom stereocenters. The van der Waals surface area contributed by atoms with E-state index in [-0.39, 0.29) is 23.4 Å². The van der Waals surface area contributed by atoms with Crippen molar-refractivity contribution in [1.29, 1.82) is 0 Å². The van der Waals surface area contributed by atoms with Crippen molar-refractivity contribution in [3.63, 3.8) is 0 Å². The van der Waals surface area contributed by atoms with Crippen molar-refractivity contribution in [2.75, 3.05) is 25.2 Å². The van der Waals surface area contributed by atoms with Crippen LogP contribution in [0.2, 0.25) is 0 Å². The number of allylic oxidation sites excluding steroid dienone is 1. The second-order valence-electron chi connectivity index (χ2n) is 6.73. The minimum atomic E-state index is -3.27. The summed E-state index contributed by atoms with van der Waals surface area (Å²) in [7, 11) is -1.55. The Morgan fingerprint density at radius 1 is 1.48 bits per heavy atom. The smallest absolute Gasteiger partial charge is 0.346 e. The number of hydrogen-bond acceptors (Lipinski definition) is 8. The highest BCUT2D eigenvalue weighted by molar-refractivity contribution is 7.88.